The smallest absolute Gasteiger partial charge is 0.309 e. The van der Waals surface area contributed by atoms with E-state index in [1.54, 1.807) is 31.4 Å². The van der Waals surface area contributed by atoms with Crippen LogP contribution in [0.4, 0.5) is 0 Å². The Morgan fingerprint density at radius 3 is 2.76 bits per heavy atom. The lowest BCUT2D eigenvalue weighted by atomic mass is 9.98. The van der Waals surface area contributed by atoms with E-state index < -0.39 is 12.2 Å². The number of Topliss-reactive ketones (excluding diaryl/α,β-unsaturated/α-hetero) is 1. The number of benzene rings is 1. The highest BCUT2D eigenvalue weighted by molar-refractivity contribution is 5.96. The highest BCUT2D eigenvalue weighted by Gasteiger charge is 2.45. The van der Waals surface area contributed by atoms with Gasteiger partial charge >= 0.3 is 5.97 Å². The average molecular weight is 292 g/mol. The van der Waals surface area contributed by atoms with Gasteiger partial charge in [0.2, 0.25) is 0 Å². The molecule has 0 aliphatic carbocycles. The summed E-state index contributed by atoms with van der Waals surface area (Å²) in [4.78, 5) is 23.6. The summed E-state index contributed by atoms with van der Waals surface area (Å²) in [5.74, 6) is 0.322. The third-order valence-corrected chi connectivity index (χ3v) is 3.73. The van der Waals surface area contributed by atoms with Gasteiger partial charge in [0.15, 0.2) is 11.9 Å². The number of methoxy groups -OCH3 is 1. The summed E-state index contributed by atoms with van der Waals surface area (Å²) in [5, 5.41) is 0. The van der Waals surface area contributed by atoms with Gasteiger partial charge < -0.3 is 18.9 Å². The first-order chi connectivity index (χ1) is 10.2. The number of hydrogen-bond acceptors (Lipinski definition) is 6. The molecule has 2 fully saturated rings. The number of ether oxygens (including phenoxy) is 4. The van der Waals surface area contributed by atoms with Crippen LogP contribution in [-0.2, 0) is 19.0 Å². The molecule has 0 saturated carbocycles. The van der Waals surface area contributed by atoms with E-state index in [1.807, 2.05) is 0 Å². The lowest BCUT2D eigenvalue weighted by Crippen LogP contribution is -2.44. The Kier molecular flexibility index (Phi) is 3.90. The van der Waals surface area contributed by atoms with Crippen LogP contribution in [0, 0.1) is 0 Å². The van der Waals surface area contributed by atoms with Crippen molar-refractivity contribution in [2.75, 3.05) is 13.9 Å². The van der Waals surface area contributed by atoms with E-state index in [9.17, 15) is 9.59 Å². The second kappa shape index (κ2) is 5.83. The van der Waals surface area contributed by atoms with Crippen molar-refractivity contribution in [2.24, 2.45) is 0 Å². The average Bonchev–Trinajstić information content (AvgIpc) is 2.88. The van der Waals surface area contributed by atoms with Crippen LogP contribution in [0.25, 0.3) is 0 Å². The number of esters is 1. The summed E-state index contributed by atoms with van der Waals surface area (Å²) < 4.78 is 21.0. The number of rotatable bonds is 4. The Morgan fingerprint density at radius 1 is 1.29 bits per heavy atom. The molecular formula is C15H16O6. The molecule has 0 bridgehead atoms. The van der Waals surface area contributed by atoms with E-state index in [0.29, 0.717) is 11.3 Å². The van der Waals surface area contributed by atoms with Crippen molar-refractivity contribution in [1.82, 2.24) is 0 Å². The molecule has 0 amide bonds. The maximum Gasteiger partial charge on any atom is 0.309 e. The van der Waals surface area contributed by atoms with Crippen LogP contribution in [0.3, 0.4) is 0 Å². The molecule has 2 aliphatic rings. The predicted octanol–water partition coefficient (Wildman–Crippen LogP) is 1.32. The van der Waals surface area contributed by atoms with Gasteiger partial charge in [-0.3, -0.25) is 9.59 Å². The summed E-state index contributed by atoms with van der Waals surface area (Å²) >= 11 is 0. The molecule has 2 aliphatic heterocycles. The number of carbonyl (C=O) groups is 2. The normalized spacial score (nSPS) is 27.9. The molecule has 21 heavy (non-hydrogen) atoms. The van der Waals surface area contributed by atoms with E-state index in [2.05, 4.69) is 0 Å². The molecule has 0 unspecified atom stereocenters. The number of fused-ring (bicyclic) bond motifs is 1. The van der Waals surface area contributed by atoms with Crippen molar-refractivity contribution in [1.29, 1.82) is 0 Å². The van der Waals surface area contributed by atoms with Gasteiger partial charge in [0.05, 0.1) is 13.5 Å². The lowest BCUT2D eigenvalue weighted by Gasteiger charge is -2.31. The molecule has 6 heteroatoms. The van der Waals surface area contributed by atoms with Gasteiger partial charge in [0.25, 0.3) is 0 Å². The van der Waals surface area contributed by atoms with Crippen LogP contribution < -0.4 is 4.74 Å². The molecule has 3 rings (SSSR count). The summed E-state index contributed by atoms with van der Waals surface area (Å²) in [5.41, 5.74) is 0.576. The van der Waals surface area contributed by atoms with Gasteiger partial charge in [-0.2, -0.15) is 0 Å². The first-order valence-corrected chi connectivity index (χ1v) is 6.77. The van der Waals surface area contributed by atoms with E-state index in [4.69, 9.17) is 18.9 Å². The molecule has 3 atom stereocenters. The third kappa shape index (κ3) is 2.91. The molecule has 6 nitrogen and oxygen atoms in total. The zero-order valence-electron chi connectivity index (χ0n) is 11.6. The number of carbonyl (C=O) groups excluding carboxylic acids is 2. The lowest BCUT2D eigenvalue weighted by molar-refractivity contribution is -0.214. The second-order valence-corrected chi connectivity index (χ2v) is 5.04. The number of hydrogen-bond donors (Lipinski definition) is 0. The molecule has 0 spiro atoms. The predicted molar refractivity (Wildman–Crippen MR) is 71.1 cm³/mol. The van der Waals surface area contributed by atoms with Crippen molar-refractivity contribution < 1.29 is 28.5 Å². The summed E-state index contributed by atoms with van der Waals surface area (Å²) in [6.07, 6.45) is -0.871. The fourth-order valence-electron chi connectivity index (χ4n) is 2.59. The van der Waals surface area contributed by atoms with Crippen molar-refractivity contribution in [3.63, 3.8) is 0 Å². The Balaban J connectivity index is 1.67. The summed E-state index contributed by atoms with van der Waals surface area (Å²) in [6, 6.07) is 6.88. The Hall–Kier alpha value is -1.92. The maximum atomic E-state index is 12.3. The van der Waals surface area contributed by atoms with E-state index in [0.717, 1.165) is 0 Å². The van der Waals surface area contributed by atoms with Crippen molar-refractivity contribution in [2.45, 2.75) is 31.2 Å². The number of ketones is 1. The molecule has 1 aromatic rings. The van der Waals surface area contributed by atoms with Gasteiger partial charge in [-0.15, -0.1) is 0 Å². The topological polar surface area (TPSA) is 71.1 Å². The highest BCUT2D eigenvalue weighted by atomic mass is 16.7. The van der Waals surface area contributed by atoms with E-state index in [-0.39, 0.29) is 37.5 Å². The zero-order chi connectivity index (χ0) is 14.8. The minimum Gasteiger partial charge on any atom is -0.497 e. The highest BCUT2D eigenvalue weighted by Crippen LogP contribution is 2.29. The Bertz CT molecular complexity index is 538. The Morgan fingerprint density at radius 2 is 2.05 bits per heavy atom. The molecule has 1 aromatic carbocycles. The van der Waals surface area contributed by atoms with Crippen LogP contribution in [0.1, 0.15) is 23.2 Å². The molecular weight excluding hydrogens is 276 g/mol. The summed E-state index contributed by atoms with van der Waals surface area (Å²) in [6.45, 7) is 0.0817. The van der Waals surface area contributed by atoms with Crippen LogP contribution in [-0.4, -0.2) is 44.0 Å². The van der Waals surface area contributed by atoms with Crippen LogP contribution >= 0.6 is 0 Å². The van der Waals surface area contributed by atoms with Gasteiger partial charge in [-0.05, 0) is 24.3 Å². The summed E-state index contributed by atoms with van der Waals surface area (Å²) in [7, 11) is 1.57. The molecule has 0 radical (unpaired) electrons. The first kappa shape index (κ1) is 14.0. The SMILES string of the molecule is COc1ccc(C(=O)C[C@@H]2OCO[C@@H]3CC(=O)O[C@H]23)cc1. The molecule has 0 aromatic heterocycles. The first-order valence-electron chi connectivity index (χ1n) is 6.77. The van der Waals surface area contributed by atoms with Crippen LogP contribution in [0.2, 0.25) is 0 Å². The largest absolute Gasteiger partial charge is 0.497 e. The van der Waals surface area contributed by atoms with Crippen LogP contribution in [0.15, 0.2) is 24.3 Å². The van der Waals surface area contributed by atoms with Gasteiger partial charge in [-0.1, -0.05) is 0 Å². The zero-order valence-corrected chi connectivity index (χ0v) is 11.6. The monoisotopic (exact) mass is 292 g/mol. The fourth-order valence-corrected chi connectivity index (χ4v) is 2.59. The molecule has 0 N–H and O–H groups in total. The van der Waals surface area contributed by atoms with Crippen LogP contribution in [0.5, 0.6) is 5.75 Å². The van der Waals surface area contributed by atoms with Crippen molar-refractivity contribution in [3.8, 4) is 5.75 Å². The maximum absolute atomic E-state index is 12.3. The van der Waals surface area contributed by atoms with Crippen molar-refractivity contribution in [3.05, 3.63) is 29.8 Å². The minimum atomic E-state index is -0.492. The van der Waals surface area contributed by atoms with E-state index in [1.165, 1.54) is 0 Å². The Labute approximate surface area is 121 Å². The second-order valence-electron chi connectivity index (χ2n) is 5.04. The van der Waals surface area contributed by atoms with Gasteiger partial charge in [0, 0.05) is 12.0 Å². The third-order valence-electron chi connectivity index (χ3n) is 3.73. The molecule has 2 saturated heterocycles. The van der Waals surface area contributed by atoms with Gasteiger partial charge in [0.1, 0.15) is 24.8 Å². The fraction of sp³-hybridized carbons (Fsp3) is 0.467. The van der Waals surface area contributed by atoms with Gasteiger partial charge in [-0.25, -0.2) is 0 Å². The minimum absolute atomic E-state index is 0.0637. The molecule has 112 valence electrons. The van der Waals surface area contributed by atoms with E-state index >= 15 is 0 Å². The standard InChI is InChI=1S/C15H16O6/c1-18-10-4-2-9(3-5-10)11(16)6-12-15-13(20-8-19-12)7-14(17)21-15/h2-5,12-13,15H,6-8H2,1H3/t12-,13+,15+/m0/s1. The molecule has 2 heterocycles. The van der Waals surface area contributed by atoms with Crippen molar-refractivity contribution >= 4 is 11.8 Å². The quantitative estimate of drug-likeness (QED) is 0.616.